The second kappa shape index (κ2) is 9.44. The van der Waals surface area contributed by atoms with Gasteiger partial charge >= 0.3 is 0 Å². The van der Waals surface area contributed by atoms with E-state index in [9.17, 15) is 4.79 Å². The van der Waals surface area contributed by atoms with Gasteiger partial charge in [0.25, 0.3) is 0 Å². The standard InChI is InChI=1S/C16H23BrN2O.ClH/c1-12(14-5-3-7-18-11-14)8-16(20)19-10-13-4-2-6-15(17)9-13;/h2,4,6,9,12,14,18H,3,5,7-8,10-11H2,1H3,(H,19,20);1H. The summed E-state index contributed by atoms with van der Waals surface area (Å²) in [4.78, 5) is 12.0. The molecular weight excluding hydrogens is 352 g/mol. The van der Waals surface area contributed by atoms with Crippen LogP contribution in [0.25, 0.3) is 0 Å². The molecule has 0 bridgehead atoms. The van der Waals surface area contributed by atoms with Crippen molar-refractivity contribution in [2.24, 2.45) is 11.8 Å². The van der Waals surface area contributed by atoms with Crippen LogP contribution in [0.4, 0.5) is 0 Å². The molecule has 1 saturated heterocycles. The Balaban J connectivity index is 0.00000220. The van der Waals surface area contributed by atoms with Crippen LogP contribution in [0.15, 0.2) is 28.7 Å². The number of carbonyl (C=O) groups is 1. The van der Waals surface area contributed by atoms with Gasteiger partial charge in [-0.25, -0.2) is 0 Å². The summed E-state index contributed by atoms with van der Waals surface area (Å²) < 4.78 is 1.05. The summed E-state index contributed by atoms with van der Waals surface area (Å²) in [5, 5.41) is 6.43. The molecule has 0 radical (unpaired) electrons. The number of halogens is 2. The fourth-order valence-corrected chi connectivity index (χ4v) is 3.19. The summed E-state index contributed by atoms with van der Waals surface area (Å²) in [6.07, 6.45) is 3.10. The van der Waals surface area contributed by atoms with Gasteiger partial charge in [-0.05, 0) is 55.5 Å². The van der Waals surface area contributed by atoms with E-state index >= 15 is 0 Å². The van der Waals surface area contributed by atoms with E-state index in [1.165, 1.54) is 12.8 Å². The number of piperidine rings is 1. The minimum absolute atomic E-state index is 0. The Hall–Kier alpha value is -0.580. The maximum atomic E-state index is 12.0. The van der Waals surface area contributed by atoms with Gasteiger partial charge in [0.2, 0.25) is 5.91 Å². The Morgan fingerprint density at radius 2 is 2.33 bits per heavy atom. The van der Waals surface area contributed by atoms with Crippen molar-refractivity contribution in [1.82, 2.24) is 10.6 Å². The number of rotatable bonds is 5. The monoisotopic (exact) mass is 374 g/mol. The molecular formula is C16H24BrClN2O. The van der Waals surface area contributed by atoms with Crippen LogP contribution in [0.2, 0.25) is 0 Å². The second-order valence-corrected chi connectivity index (χ2v) is 6.61. The van der Waals surface area contributed by atoms with Crippen molar-refractivity contribution in [2.75, 3.05) is 13.1 Å². The van der Waals surface area contributed by atoms with Crippen molar-refractivity contribution in [1.29, 1.82) is 0 Å². The van der Waals surface area contributed by atoms with Crippen molar-refractivity contribution in [3.8, 4) is 0 Å². The molecule has 1 heterocycles. The molecule has 0 saturated carbocycles. The van der Waals surface area contributed by atoms with E-state index in [0.717, 1.165) is 23.1 Å². The molecule has 1 aromatic rings. The third-order valence-electron chi connectivity index (χ3n) is 4.03. The van der Waals surface area contributed by atoms with Crippen LogP contribution in [0.3, 0.4) is 0 Å². The van der Waals surface area contributed by atoms with Crippen LogP contribution in [-0.4, -0.2) is 19.0 Å². The van der Waals surface area contributed by atoms with E-state index in [2.05, 4.69) is 33.5 Å². The van der Waals surface area contributed by atoms with Crippen LogP contribution in [0.1, 0.15) is 31.7 Å². The third kappa shape index (κ3) is 6.37. The average Bonchev–Trinajstić information content (AvgIpc) is 2.46. The first-order valence-corrected chi connectivity index (χ1v) is 8.16. The zero-order valence-corrected chi connectivity index (χ0v) is 14.8. The minimum atomic E-state index is 0. The lowest BCUT2D eigenvalue weighted by Gasteiger charge is -2.28. The number of carbonyl (C=O) groups excluding carboxylic acids is 1. The predicted molar refractivity (Wildman–Crippen MR) is 92.6 cm³/mol. The van der Waals surface area contributed by atoms with Gasteiger partial charge in [0, 0.05) is 17.4 Å². The van der Waals surface area contributed by atoms with Crippen molar-refractivity contribution in [3.63, 3.8) is 0 Å². The van der Waals surface area contributed by atoms with Gasteiger partial charge in [0.1, 0.15) is 0 Å². The minimum Gasteiger partial charge on any atom is -0.352 e. The van der Waals surface area contributed by atoms with Gasteiger partial charge < -0.3 is 10.6 Å². The lowest BCUT2D eigenvalue weighted by Crippen LogP contribution is -2.35. The molecule has 1 amide bonds. The van der Waals surface area contributed by atoms with Crippen molar-refractivity contribution < 1.29 is 4.79 Å². The molecule has 0 spiro atoms. The SMILES string of the molecule is CC(CC(=O)NCc1cccc(Br)c1)C1CCCNC1.Cl. The van der Waals surface area contributed by atoms with Gasteiger partial charge in [-0.3, -0.25) is 4.79 Å². The lowest BCUT2D eigenvalue weighted by molar-refractivity contribution is -0.122. The molecule has 2 atom stereocenters. The summed E-state index contributed by atoms with van der Waals surface area (Å²) in [6, 6.07) is 8.04. The van der Waals surface area contributed by atoms with Crippen molar-refractivity contribution in [2.45, 2.75) is 32.7 Å². The lowest BCUT2D eigenvalue weighted by atomic mass is 9.85. The molecule has 0 aliphatic carbocycles. The molecule has 0 aromatic heterocycles. The molecule has 118 valence electrons. The van der Waals surface area contributed by atoms with Gasteiger partial charge in [-0.15, -0.1) is 12.4 Å². The van der Waals surface area contributed by atoms with Gasteiger partial charge in [-0.1, -0.05) is 35.0 Å². The summed E-state index contributed by atoms with van der Waals surface area (Å²) in [5.74, 6) is 1.24. The molecule has 1 aromatic carbocycles. The Kier molecular flexibility index (Phi) is 8.30. The summed E-state index contributed by atoms with van der Waals surface area (Å²) in [5.41, 5.74) is 1.12. The Labute approximate surface area is 141 Å². The van der Waals surface area contributed by atoms with Crippen molar-refractivity contribution >= 4 is 34.2 Å². The number of benzene rings is 1. The molecule has 2 N–H and O–H groups in total. The summed E-state index contributed by atoms with van der Waals surface area (Å²) in [6.45, 7) is 4.97. The summed E-state index contributed by atoms with van der Waals surface area (Å²) >= 11 is 3.44. The number of hydrogen-bond acceptors (Lipinski definition) is 2. The predicted octanol–water partition coefficient (Wildman–Crippen LogP) is 3.51. The summed E-state index contributed by atoms with van der Waals surface area (Å²) in [7, 11) is 0. The maximum absolute atomic E-state index is 12.0. The highest BCUT2D eigenvalue weighted by atomic mass is 79.9. The first-order chi connectivity index (χ1) is 9.65. The molecule has 2 rings (SSSR count). The van der Waals surface area contributed by atoms with E-state index in [1.54, 1.807) is 0 Å². The van der Waals surface area contributed by atoms with E-state index in [1.807, 2.05) is 24.3 Å². The van der Waals surface area contributed by atoms with E-state index < -0.39 is 0 Å². The highest BCUT2D eigenvalue weighted by Crippen LogP contribution is 2.22. The fraction of sp³-hybridized carbons (Fsp3) is 0.562. The van der Waals surface area contributed by atoms with E-state index in [4.69, 9.17) is 0 Å². The van der Waals surface area contributed by atoms with E-state index in [-0.39, 0.29) is 18.3 Å². The van der Waals surface area contributed by atoms with Gasteiger partial charge in [-0.2, -0.15) is 0 Å². The molecule has 3 nitrogen and oxygen atoms in total. The largest absolute Gasteiger partial charge is 0.352 e. The Morgan fingerprint density at radius 3 is 3.00 bits per heavy atom. The molecule has 2 unspecified atom stereocenters. The number of hydrogen-bond donors (Lipinski definition) is 2. The highest BCUT2D eigenvalue weighted by Gasteiger charge is 2.21. The number of nitrogens with one attached hydrogen (secondary N) is 2. The van der Waals surface area contributed by atoms with Gasteiger partial charge in [0.05, 0.1) is 0 Å². The topological polar surface area (TPSA) is 41.1 Å². The van der Waals surface area contributed by atoms with Crippen molar-refractivity contribution in [3.05, 3.63) is 34.3 Å². The van der Waals surface area contributed by atoms with Crippen LogP contribution in [-0.2, 0) is 11.3 Å². The van der Waals surface area contributed by atoms with E-state index in [0.29, 0.717) is 24.8 Å². The highest BCUT2D eigenvalue weighted by molar-refractivity contribution is 9.10. The second-order valence-electron chi connectivity index (χ2n) is 5.69. The normalized spacial score (nSPS) is 19.4. The molecule has 5 heteroatoms. The third-order valence-corrected chi connectivity index (χ3v) is 4.52. The Bertz CT molecular complexity index is 450. The quantitative estimate of drug-likeness (QED) is 0.827. The smallest absolute Gasteiger partial charge is 0.220 e. The molecule has 1 aliphatic rings. The molecule has 21 heavy (non-hydrogen) atoms. The maximum Gasteiger partial charge on any atom is 0.220 e. The van der Waals surface area contributed by atoms with Crippen LogP contribution >= 0.6 is 28.3 Å². The van der Waals surface area contributed by atoms with Crippen LogP contribution < -0.4 is 10.6 Å². The zero-order chi connectivity index (χ0) is 14.4. The first-order valence-electron chi connectivity index (χ1n) is 7.37. The Morgan fingerprint density at radius 1 is 1.52 bits per heavy atom. The average molecular weight is 376 g/mol. The molecule has 1 aliphatic heterocycles. The molecule has 1 fully saturated rings. The van der Waals surface area contributed by atoms with Crippen LogP contribution in [0.5, 0.6) is 0 Å². The zero-order valence-electron chi connectivity index (χ0n) is 12.4. The number of amides is 1. The van der Waals surface area contributed by atoms with Gasteiger partial charge in [0.15, 0.2) is 0 Å². The van der Waals surface area contributed by atoms with Crippen LogP contribution in [0, 0.1) is 11.8 Å². The fourth-order valence-electron chi connectivity index (χ4n) is 2.74. The first kappa shape index (κ1) is 18.5.